The highest BCUT2D eigenvalue weighted by Crippen LogP contribution is 2.27. The van der Waals surface area contributed by atoms with Crippen molar-refractivity contribution in [2.24, 2.45) is 5.92 Å². The zero-order valence-electron chi connectivity index (χ0n) is 11.4. The molecule has 1 aromatic carbocycles. The van der Waals surface area contributed by atoms with Crippen LogP contribution in [0.25, 0.3) is 0 Å². The number of aromatic carboxylic acids is 1. The molecule has 1 heterocycles. The van der Waals surface area contributed by atoms with Crippen LogP contribution in [0.5, 0.6) is 5.75 Å². The Kier molecular flexibility index (Phi) is 4.22. The number of benzene rings is 1. The van der Waals surface area contributed by atoms with E-state index in [1.54, 1.807) is 0 Å². The summed E-state index contributed by atoms with van der Waals surface area (Å²) in [7, 11) is -3.89. The first-order valence-corrected chi connectivity index (χ1v) is 7.92. The highest BCUT2D eigenvalue weighted by atomic mass is 32.2. The smallest absolute Gasteiger partial charge is 0.339 e. The molecule has 2 unspecified atom stereocenters. The summed E-state index contributed by atoms with van der Waals surface area (Å²) in [6, 6.07) is 3.12. The van der Waals surface area contributed by atoms with E-state index in [9.17, 15) is 23.4 Å². The van der Waals surface area contributed by atoms with Crippen molar-refractivity contribution in [1.29, 1.82) is 0 Å². The minimum atomic E-state index is -3.89. The molecule has 2 atom stereocenters. The van der Waals surface area contributed by atoms with Crippen molar-refractivity contribution in [1.82, 2.24) is 4.31 Å². The van der Waals surface area contributed by atoms with Crippen molar-refractivity contribution in [2.45, 2.75) is 24.3 Å². The third-order valence-electron chi connectivity index (χ3n) is 3.72. The molecule has 21 heavy (non-hydrogen) atoms. The average Bonchev–Trinajstić information content (AvgIpc) is 2.41. The fraction of sp³-hybridized carbons (Fsp3) is 0.462. The SMILES string of the molecule is CC1CCN(S(=O)(=O)c2ccc(O)c(C(=O)O)c2)CC1O. The van der Waals surface area contributed by atoms with Gasteiger partial charge in [0.15, 0.2) is 0 Å². The molecule has 1 fully saturated rings. The first-order valence-electron chi connectivity index (χ1n) is 6.48. The number of carboxylic acids is 1. The molecule has 0 bridgehead atoms. The van der Waals surface area contributed by atoms with Gasteiger partial charge in [-0.1, -0.05) is 6.92 Å². The van der Waals surface area contributed by atoms with Gasteiger partial charge in [-0.15, -0.1) is 0 Å². The van der Waals surface area contributed by atoms with Crippen molar-refractivity contribution < 1.29 is 28.5 Å². The summed E-state index contributed by atoms with van der Waals surface area (Å²) in [5.74, 6) is -1.88. The number of nitrogens with zero attached hydrogens (tertiary/aromatic N) is 1. The predicted molar refractivity (Wildman–Crippen MR) is 73.6 cm³/mol. The van der Waals surface area contributed by atoms with E-state index in [0.29, 0.717) is 6.42 Å². The Labute approximate surface area is 122 Å². The van der Waals surface area contributed by atoms with Crippen LogP contribution in [0.3, 0.4) is 0 Å². The molecule has 116 valence electrons. The van der Waals surface area contributed by atoms with Gasteiger partial charge in [-0.2, -0.15) is 4.31 Å². The molecule has 1 aliphatic rings. The van der Waals surface area contributed by atoms with E-state index in [4.69, 9.17) is 5.11 Å². The summed E-state index contributed by atoms with van der Waals surface area (Å²) in [5.41, 5.74) is -0.470. The average molecular weight is 315 g/mol. The highest BCUT2D eigenvalue weighted by Gasteiger charge is 2.33. The molecule has 0 spiro atoms. The fourth-order valence-corrected chi connectivity index (χ4v) is 3.73. The lowest BCUT2D eigenvalue weighted by Crippen LogP contribution is -2.45. The second-order valence-corrected chi connectivity index (χ2v) is 7.12. The van der Waals surface area contributed by atoms with Gasteiger partial charge >= 0.3 is 5.97 Å². The first-order chi connectivity index (χ1) is 9.73. The standard InChI is InChI=1S/C13H17NO6S/c1-8-4-5-14(7-12(8)16)21(19,20)9-2-3-11(15)10(6-9)13(17)18/h2-3,6,8,12,15-16H,4-5,7H2,1H3,(H,17,18). The van der Waals surface area contributed by atoms with Crippen LogP contribution in [-0.4, -0.2) is 53.2 Å². The van der Waals surface area contributed by atoms with Gasteiger partial charge in [0.1, 0.15) is 11.3 Å². The minimum absolute atomic E-state index is 0.0193. The third kappa shape index (κ3) is 3.02. The van der Waals surface area contributed by atoms with Gasteiger partial charge in [0, 0.05) is 13.1 Å². The van der Waals surface area contributed by atoms with Gasteiger partial charge in [-0.3, -0.25) is 0 Å². The molecule has 3 N–H and O–H groups in total. The summed E-state index contributed by atoms with van der Waals surface area (Å²) >= 11 is 0. The van der Waals surface area contributed by atoms with E-state index in [2.05, 4.69) is 0 Å². The molecule has 0 saturated carbocycles. The molecular formula is C13H17NO6S. The van der Waals surface area contributed by atoms with E-state index in [1.165, 1.54) is 0 Å². The second-order valence-electron chi connectivity index (χ2n) is 5.18. The molecule has 0 aromatic heterocycles. The van der Waals surface area contributed by atoms with Crippen LogP contribution >= 0.6 is 0 Å². The lowest BCUT2D eigenvalue weighted by atomic mass is 9.98. The molecule has 1 aliphatic heterocycles. The summed E-state index contributed by atoms with van der Waals surface area (Å²) in [4.78, 5) is 10.8. The maximum Gasteiger partial charge on any atom is 0.339 e. The van der Waals surface area contributed by atoms with Crippen molar-refractivity contribution in [2.75, 3.05) is 13.1 Å². The number of piperidine rings is 1. The summed E-state index contributed by atoms with van der Waals surface area (Å²) in [6.07, 6.45) is -0.214. The molecule has 1 aromatic rings. The lowest BCUT2D eigenvalue weighted by Gasteiger charge is -2.33. The number of sulfonamides is 1. The van der Waals surface area contributed by atoms with E-state index in [1.807, 2.05) is 6.92 Å². The lowest BCUT2D eigenvalue weighted by molar-refractivity contribution is 0.0604. The maximum absolute atomic E-state index is 12.5. The number of hydrogen-bond acceptors (Lipinski definition) is 5. The zero-order valence-corrected chi connectivity index (χ0v) is 12.2. The van der Waals surface area contributed by atoms with Crippen molar-refractivity contribution in [3.05, 3.63) is 23.8 Å². The van der Waals surface area contributed by atoms with Crippen LogP contribution < -0.4 is 0 Å². The number of aromatic hydroxyl groups is 1. The number of carbonyl (C=O) groups is 1. The molecule has 2 rings (SSSR count). The Bertz CT molecular complexity index is 657. The minimum Gasteiger partial charge on any atom is -0.507 e. The van der Waals surface area contributed by atoms with Crippen LogP contribution in [0, 0.1) is 5.92 Å². The van der Waals surface area contributed by atoms with Gasteiger partial charge in [-0.25, -0.2) is 13.2 Å². The predicted octanol–water partition coefficient (Wildman–Crippen LogP) is 0.482. The molecule has 0 amide bonds. The fourth-order valence-electron chi connectivity index (χ4n) is 2.23. The van der Waals surface area contributed by atoms with Crippen molar-refractivity contribution in [3.63, 3.8) is 0 Å². The Hall–Kier alpha value is -1.64. The molecule has 0 aliphatic carbocycles. The van der Waals surface area contributed by atoms with Crippen molar-refractivity contribution in [3.8, 4) is 5.75 Å². The number of aliphatic hydroxyl groups excluding tert-OH is 1. The van der Waals surface area contributed by atoms with Crippen LogP contribution in [0.15, 0.2) is 23.1 Å². The van der Waals surface area contributed by atoms with Crippen LogP contribution in [-0.2, 0) is 10.0 Å². The molecule has 1 saturated heterocycles. The topological polar surface area (TPSA) is 115 Å². The van der Waals surface area contributed by atoms with Gasteiger partial charge in [0.2, 0.25) is 10.0 Å². The Morgan fingerprint density at radius 2 is 2.05 bits per heavy atom. The summed E-state index contributed by atoms with van der Waals surface area (Å²) in [6.45, 7) is 2.09. The molecular weight excluding hydrogens is 298 g/mol. The van der Waals surface area contributed by atoms with Crippen LogP contribution in [0.1, 0.15) is 23.7 Å². The van der Waals surface area contributed by atoms with Gasteiger partial charge in [-0.05, 0) is 30.5 Å². The Morgan fingerprint density at radius 3 is 2.62 bits per heavy atom. The Balaban J connectivity index is 2.36. The van der Waals surface area contributed by atoms with E-state index in [-0.39, 0.29) is 23.9 Å². The highest BCUT2D eigenvalue weighted by molar-refractivity contribution is 7.89. The quantitative estimate of drug-likeness (QED) is 0.747. The molecule has 8 heteroatoms. The summed E-state index contributed by atoms with van der Waals surface area (Å²) in [5, 5.41) is 28.2. The number of aliphatic hydroxyl groups is 1. The van der Waals surface area contributed by atoms with Crippen LogP contribution in [0.2, 0.25) is 0 Å². The summed E-state index contributed by atoms with van der Waals surface area (Å²) < 4.78 is 26.1. The number of carboxylic acid groups (broad SMARTS) is 1. The van der Waals surface area contributed by atoms with E-state index in [0.717, 1.165) is 22.5 Å². The first kappa shape index (κ1) is 15.7. The Morgan fingerprint density at radius 1 is 1.38 bits per heavy atom. The van der Waals surface area contributed by atoms with Crippen LogP contribution in [0.4, 0.5) is 0 Å². The maximum atomic E-state index is 12.5. The number of phenols is 1. The second kappa shape index (κ2) is 5.63. The number of hydrogen-bond donors (Lipinski definition) is 3. The third-order valence-corrected chi connectivity index (χ3v) is 5.58. The zero-order chi connectivity index (χ0) is 15.8. The monoisotopic (exact) mass is 315 g/mol. The van der Waals surface area contributed by atoms with Gasteiger partial charge in [0.05, 0.1) is 11.0 Å². The molecule has 7 nitrogen and oxygen atoms in total. The van der Waals surface area contributed by atoms with Gasteiger partial charge < -0.3 is 15.3 Å². The normalized spacial score (nSPS) is 23.9. The molecule has 0 radical (unpaired) electrons. The largest absolute Gasteiger partial charge is 0.507 e. The van der Waals surface area contributed by atoms with E-state index >= 15 is 0 Å². The number of β-amino-alcohol motifs (C(OH)–C–C–N with tert-alkyl or cyclic N) is 1. The van der Waals surface area contributed by atoms with E-state index < -0.39 is 33.4 Å². The van der Waals surface area contributed by atoms with Gasteiger partial charge in [0.25, 0.3) is 0 Å². The van der Waals surface area contributed by atoms with Crippen molar-refractivity contribution >= 4 is 16.0 Å². The number of rotatable bonds is 3.